The Morgan fingerprint density at radius 1 is 0.939 bits per heavy atom. The summed E-state index contributed by atoms with van der Waals surface area (Å²) in [4.78, 5) is 18.4. The number of ether oxygens (including phenoxy) is 1. The van der Waals surface area contributed by atoms with Crippen LogP contribution in [0.2, 0.25) is 0 Å². The van der Waals surface area contributed by atoms with E-state index in [0.717, 1.165) is 45.6 Å². The van der Waals surface area contributed by atoms with Crippen molar-refractivity contribution in [3.63, 3.8) is 0 Å². The number of rotatable bonds is 7. The molecule has 4 nitrogen and oxygen atoms in total. The minimum absolute atomic E-state index is 0.0338. The largest absolute Gasteiger partial charge is 0.461 e. The van der Waals surface area contributed by atoms with E-state index < -0.39 is 0 Å². The molecule has 178 valence electrons. The molecule has 1 heterocycles. The Labute approximate surface area is 199 Å². The van der Waals surface area contributed by atoms with Gasteiger partial charge in [0.25, 0.3) is 0 Å². The average Bonchev–Trinajstić information content (AvgIpc) is 2.81. The van der Waals surface area contributed by atoms with Gasteiger partial charge in [-0.2, -0.15) is 0 Å². The van der Waals surface area contributed by atoms with Gasteiger partial charge in [0.05, 0.1) is 0 Å². The van der Waals surface area contributed by atoms with Crippen LogP contribution in [0.5, 0.6) is 0 Å². The normalized spacial score (nSPS) is 26.9. The van der Waals surface area contributed by atoms with E-state index in [1.165, 1.54) is 17.5 Å². The maximum Gasteiger partial charge on any atom is 0.324 e. The molecule has 0 spiro atoms. The Balaban J connectivity index is 1.48. The number of hydrogen-bond acceptors (Lipinski definition) is 4. The monoisotopic (exact) mass is 448 g/mol. The highest BCUT2D eigenvalue weighted by molar-refractivity contribution is 5.76. The van der Waals surface area contributed by atoms with Crippen molar-refractivity contribution in [2.45, 2.75) is 65.3 Å². The molecule has 0 bridgehead atoms. The van der Waals surface area contributed by atoms with Crippen LogP contribution >= 0.6 is 0 Å². The molecule has 1 saturated heterocycles. The highest BCUT2D eigenvalue weighted by atomic mass is 16.5. The first kappa shape index (κ1) is 24.0. The van der Waals surface area contributed by atoms with E-state index in [4.69, 9.17) is 4.74 Å². The number of hydrogen-bond donors (Lipinski definition) is 0. The third-order valence-corrected chi connectivity index (χ3v) is 7.55. The fourth-order valence-electron chi connectivity index (χ4n) is 5.57. The first-order valence-corrected chi connectivity index (χ1v) is 12.7. The first-order chi connectivity index (χ1) is 16.0. The summed E-state index contributed by atoms with van der Waals surface area (Å²) in [6.07, 6.45) is 3.44. The molecule has 0 radical (unpaired) electrons. The minimum Gasteiger partial charge on any atom is -0.461 e. The van der Waals surface area contributed by atoms with E-state index >= 15 is 0 Å². The highest BCUT2D eigenvalue weighted by Crippen LogP contribution is 2.35. The minimum atomic E-state index is -0.229. The number of benzene rings is 2. The summed E-state index contributed by atoms with van der Waals surface area (Å²) >= 11 is 0. The van der Waals surface area contributed by atoms with E-state index in [1.807, 2.05) is 6.07 Å². The third-order valence-electron chi connectivity index (χ3n) is 7.55. The fraction of sp³-hybridized carbons (Fsp3) is 0.552. The molecule has 4 rings (SSSR count). The summed E-state index contributed by atoms with van der Waals surface area (Å²) in [6, 6.07) is 20.8. The zero-order valence-electron chi connectivity index (χ0n) is 20.5. The van der Waals surface area contributed by atoms with Crippen LogP contribution in [-0.2, 0) is 22.6 Å². The summed E-state index contributed by atoms with van der Waals surface area (Å²) in [5.74, 6) is 1.60. The molecular weight excluding hydrogens is 408 g/mol. The molecule has 33 heavy (non-hydrogen) atoms. The zero-order valence-corrected chi connectivity index (χ0v) is 20.5. The van der Waals surface area contributed by atoms with Gasteiger partial charge in [-0.3, -0.25) is 14.6 Å². The molecule has 3 unspecified atom stereocenters. The quantitative estimate of drug-likeness (QED) is 0.533. The Hall–Kier alpha value is -2.17. The second-order valence-electron chi connectivity index (χ2n) is 10.5. The van der Waals surface area contributed by atoms with Crippen molar-refractivity contribution in [3.05, 3.63) is 71.8 Å². The molecule has 0 aromatic heterocycles. The predicted octanol–water partition coefficient (Wildman–Crippen LogP) is 5.38. The van der Waals surface area contributed by atoms with Crippen LogP contribution in [-0.4, -0.2) is 47.5 Å². The number of carbonyl (C=O) groups excluding carboxylic acids is 1. The van der Waals surface area contributed by atoms with E-state index in [0.29, 0.717) is 17.8 Å². The molecule has 2 aliphatic rings. The number of carbonyl (C=O) groups is 1. The van der Waals surface area contributed by atoms with Crippen LogP contribution in [0, 0.1) is 17.8 Å². The number of nitrogens with zero attached hydrogens (tertiary/aromatic N) is 2. The van der Waals surface area contributed by atoms with Crippen molar-refractivity contribution < 1.29 is 9.53 Å². The smallest absolute Gasteiger partial charge is 0.324 e. The van der Waals surface area contributed by atoms with Crippen molar-refractivity contribution in [1.82, 2.24) is 9.80 Å². The zero-order chi connectivity index (χ0) is 23.2. The van der Waals surface area contributed by atoms with Crippen molar-refractivity contribution in [3.8, 4) is 0 Å². The summed E-state index contributed by atoms with van der Waals surface area (Å²) in [5.41, 5.74) is 2.54. The SMILES string of the molecule is CC1CCC(C(C)C)C(OC(=O)[C@H]2CN(Cc3ccccc3)CCN2Cc2ccccc2)C1. The second-order valence-corrected chi connectivity index (χ2v) is 10.5. The molecule has 1 aliphatic carbocycles. The Morgan fingerprint density at radius 3 is 2.21 bits per heavy atom. The van der Waals surface area contributed by atoms with Crippen LogP contribution in [0.25, 0.3) is 0 Å². The average molecular weight is 449 g/mol. The fourth-order valence-corrected chi connectivity index (χ4v) is 5.57. The molecule has 2 aromatic rings. The topological polar surface area (TPSA) is 32.8 Å². The molecule has 1 aliphatic heterocycles. The predicted molar refractivity (Wildman–Crippen MR) is 134 cm³/mol. The lowest BCUT2D eigenvalue weighted by Gasteiger charge is -2.42. The molecule has 0 N–H and O–H groups in total. The lowest BCUT2D eigenvalue weighted by molar-refractivity contribution is -0.165. The molecule has 4 atom stereocenters. The van der Waals surface area contributed by atoms with Crippen LogP contribution in [0.15, 0.2) is 60.7 Å². The lowest BCUT2D eigenvalue weighted by atomic mass is 9.75. The Bertz CT molecular complexity index is 870. The standard InChI is InChI=1S/C29H40N2O2/c1-22(2)26-15-14-23(3)18-28(26)33-29(32)27-21-30(19-24-10-6-4-7-11-24)16-17-31(27)20-25-12-8-5-9-13-25/h4-13,22-23,26-28H,14-21H2,1-3H3/t23?,26?,27-,28?/m1/s1. The maximum absolute atomic E-state index is 13.6. The van der Waals surface area contributed by atoms with Crippen molar-refractivity contribution in [1.29, 1.82) is 0 Å². The van der Waals surface area contributed by atoms with E-state index in [-0.39, 0.29) is 18.1 Å². The van der Waals surface area contributed by atoms with Crippen LogP contribution in [0.1, 0.15) is 51.2 Å². The van der Waals surface area contributed by atoms with E-state index in [2.05, 4.69) is 85.2 Å². The number of piperazine rings is 1. The van der Waals surface area contributed by atoms with Gasteiger partial charge in [-0.05, 0) is 41.7 Å². The van der Waals surface area contributed by atoms with Crippen LogP contribution < -0.4 is 0 Å². The van der Waals surface area contributed by atoms with Crippen LogP contribution in [0.4, 0.5) is 0 Å². The van der Waals surface area contributed by atoms with Gasteiger partial charge in [0.1, 0.15) is 12.1 Å². The lowest BCUT2D eigenvalue weighted by Crippen LogP contribution is -2.56. The van der Waals surface area contributed by atoms with Gasteiger partial charge in [-0.1, -0.05) is 87.9 Å². The van der Waals surface area contributed by atoms with Gasteiger partial charge in [0.2, 0.25) is 0 Å². The summed E-state index contributed by atoms with van der Waals surface area (Å²) in [5, 5.41) is 0. The maximum atomic E-state index is 13.6. The molecular formula is C29H40N2O2. The molecule has 0 amide bonds. The summed E-state index contributed by atoms with van der Waals surface area (Å²) in [6.45, 7) is 11.0. The summed E-state index contributed by atoms with van der Waals surface area (Å²) in [7, 11) is 0. The van der Waals surface area contributed by atoms with Crippen molar-refractivity contribution in [2.24, 2.45) is 17.8 Å². The van der Waals surface area contributed by atoms with Gasteiger partial charge in [-0.25, -0.2) is 0 Å². The van der Waals surface area contributed by atoms with E-state index in [9.17, 15) is 4.79 Å². The van der Waals surface area contributed by atoms with Gasteiger partial charge >= 0.3 is 5.97 Å². The molecule has 4 heteroatoms. The van der Waals surface area contributed by atoms with Crippen molar-refractivity contribution in [2.75, 3.05) is 19.6 Å². The molecule has 2 fully saturated rings. The Morgan fingerprint density at radius 2 is 1.58 bits per heavy atom. The number of esters is 1. The van der Waals surface area contributed by atoms with Crippen LogP contribution in [0.3, 0.4) is 0 Å². The van der Waals surface area contributed by atoms with E-state index in [1.54, 1.807) is 0 Å². The van der Waals surface area contributed by atoms with Gasteiger partial charge in [0, 0.05) is 32.7 Å². The van der Waals surface area contributed by atoms with Gasteiger partial charge in [0.15, 0.2) is 0 Å². The second kappa shape index (κ2) is 11.3. The highest BCUT2D eigenvalue weighted by Gasteiger charge is 2.38. The Kier molecular flexibility index (Phi) is 8.21. The molecule has 2 aromatic carbocycles. The van der Waals surface area contributed by atoms with Crippen molar-refractivity contribution >= 4 is 5.97 Å². The van der Waals surface area contributed by atoms with Gasteiger partial charge < -0.3 is 4.74 Å². The third kappa shape index (κ3) is 6.45. The first-order valence-electron chi connectivity index (χ1n) is 12.7. The summed E-state index contributed by atoms with van der Waals surface area (Å²) < 4.78 is 6.33. The molecule has 1 saturated carbocycles. The van der Waals surface area contributed by atoms with Gasteiger partial charge in [-0.15, -0.1) is 0 Å².